The van der Waals surface area contributed by atoms with E-state index in [9.17, 15) is 18.3 Å². The SMILES string of the molecule is CN(CC(O)c1ccccc1)c1nncc(-c2cccc(C(F)(F)F)c2)n1. The normalized spacial score (nSPS) is 12.6. The molecule has 0 fully saturated rings. The van der Waals surface area contributed by atoms with Crippen molar-refractivity contribution < 1.29 is 18.3 Å². The Labute approximate surface area is 154 Å². The van der Waals surface area contributed by atoms with Crippen molar-refractivity contribution in [3.63, 3.8) is 0 Å². The molecule has 1 atom stereocenters. The molecule has 27 heavy (non-hydrogen) atoms. The van der Waals surface area contributed by atoms with Gasteiger partial charge in [0.25, 0.3) is 0 Å². The van der Waals surface area contributed by atoms with Crippen LogP contribution in [-0.4, -0.2) is 33.9 Å². The van der Waals surface area contributed by atoms with Gasteiger partial charge in [-0.2, -0.15) is 18.3 Å². The summed E-state index contributed by atoms with van der Waals surface area (Å²) in [6, 6.07) is 14.0. The zero-order valence-electron chi connectivity index (χ0n) is 14.4. The van der Waals surface area contributed by atoms with Gasteiger partial charge in [0.05, 0.1) is 30.1 Å². The Morgan fingerprint density at radius 2 is 1.81 bits per heavy atom. The first-order valence-corrected chi connectivity index (χ1v) is 8.16. The third kappa shape index (κ3) is 4.59. The Bertz CT molecular complexity index is 903. The number of nitrogens with zero attached hydrogens (tertiary/aromatic N) is 4. The molecule has 0 saturated carbocycles. The third-order valence-corrected chi connectivity index (χ3v) is 4.01. The topological polar surface area (TPSA) is 62.1 Å². The molecule has 0 saturated heterocycles. The van der Waals surface area contributed by atoms with Crippen molar-refractivity contribution in [1.82, 2.24) is 15.2 Å². The molecule has 0 aliphatic carbocycles. The highest BCUT2D eigenvalue weighted by molar-refractivity contribution is 5.60. The molecule has 1 aromatic heterocycles. The minimum atomic E-state index is -4.43. The number of aliphatic hydroxyl groups excluding tert-OH is 1. The minimum Gasteiger partial charge on any atom is -0.387 e. The number of aliphatic hydroxyl groups is 1. The van der Waals surface area contributed by atoms with E-state index in [-0.39, 0.29) is 23.8 Å². The quantitative estimate of drug-likeness (QED) is 0.737. The predicted molar refractivity (Wildman–Crippen MR) is 94.9 cm³/mol. The van der Waals surface area contributed by atoms with Crippen molar-refractivity contribution in [3.05, 3.63) is 71.9 Å². The summed E-state index contributed by atoms with van der Waals surface area (Å²) < 4.78 is 38.7. The largest absolute Gasteiger partial charge is 0.416 e. The van der Waals surface area contributed by atoms with E-state index in [0.29, 0.717) is 0 Å². The number of halogens is 3. The summed E-state index contributed by atoms with van der Waals surface area (Å²) in [5, 5.41) is 18.1. The average Bonchev–Trinajstić information content (AvgIpc) is 2.68. The van der Waals surface area contributed by atoms with Crippen molar-refractivity contribution in [2.45, 2.75) is 12.3 Å². The van der Waals surface area contributed by atoms with Crippen LogP contribution in [0.25, 0.3) is 11.3 Å². The van der Waals surface area contributed by atoms with E-state index in [0.717, 1.165) is 17.7 Å². The Balaban J connectivity index is 1.81. The van der Waals surface area contributed by atoms with Gasteiger partial charge in [-0.15, -0.1) is 5.10 Å². The lowest BCUT2D eigenvalue weighted by molar-refractivity contribution is -0.137. The lowest BCUT2D eigenvalue weighted by Crippen LogP contribution is -2.26. The van der Waals surface area contributed by atoms with Crippen LogP contribution in [0.4, 0.5) is 19.1 Å². The van der Waals surface area contributed by atoms with Crippen LogP contribution in [0.1, 0.15) is 17.2 Å². The van der Waals surface area contributed by atoms with Gasteiger partial charge in [-0.25, -0.2) is 4.98 Å². The first-order valence-electron chi connectivity index (χ1n) is 8.16. The highest BCUT2D eigenvalue weighted by atomic mass is 19.4. The zero-order valence-corrected chi connectivity index (χ0v) is 14.4. The second kappa shape index (κ2) is 7.71. The average molecular weight is 374 g/mol. The molecule has 2 aromatic carbocycles. The molecule has 8 heteroatoms. The maximum absolute atomic E-state index is 12.9. The number of rotatable bonds is 5. The summed E-state index contributed by atoms with van der Waals surface area (Å²) >= 11 is 0. The van der Waals surface area contributed by atoms with Crippen LogP contribution in [-0.2, 0) is 6.18 Å². The number of aromatic nitrogens is 3. The van der Waals surface area contributed by atoms with Gasteiger partial charge in [-0.05, 0) is 17.7 Å². The van der Waals surface area contributed by atoms with E-state index >= 15 is 0 Å². The fourth-order valence-corrected chi connectivity index (χ4v) is 2.57. The number of hydrogen-bond acceptors (Lipinski definition) is 5. The molecule has 3 rings (SSSR count). The number of anilines is 1. The smallest absolute Gasteiger partial charge is 0.387 e. The van der Waals surface area contributed by atoms with Gasteiger partial charge in [0.15, 0.2) is 0 Å². The lowest BCUT2D eigenvalue weighted by Gasteiger charge is -2.21. The van der Waals surface area contributed by atoms with Crippen molar-refractivity contribution >= 4 is 5.95 Å². The molecular weight excluding hydrogens is 357 g/mol. The Hall–Kier alpha value is -3.00. The number of likely N-dealkylation sites (N-methyl/N-ethyl adjacent to an activating group) is 1. The fourth-order valence-electron chi connectivity index (χ4n) is 2.57. The lowest BCUT2D eigenvalue weighted by atomic mass is 10.1. The van der Waals surface area contributed by atoms with Gasteiger partial charge in [-0.1, -0.05) is 42.5 Å². The molecule has 1 unspecified atom stereocenters. The maximum atomic E-state index is 12.9. The molecule has 140 valence electrons. The Kier molecular flexibility index (Phi) is 5.36. The van der Waals surface area contributed by atoms with Gasteiger partial charge in [-0.3, -0.25) is 0 Å². The van der Waals surface area contributed by atoms with Crippen LogP contribution in [0.15, 0.2) is 60.8 Å². The van der Waals surface area contributed by atoms with E-state index in [4.69, 9.17) is 0 Å². The number of benzene rings is 2. The first-order chi connectivity index (χ1) is 12.8. The van der Waals surface area contributed by atoms with Gasteiger partial charge in [0.2, 0.25) is 5.95 Å². The standard InChI is InChI=1S/C19H17F3N4O/c1-26(12-17(27)13-6-3-2-4-7-13)18-24-16(11-23-25-18)14-8-5-9-15(10-14)19(20,21)22/h2-11,17,27H,12H2,1H3. The van der Waals surface area contributed by atoms with Gasteiger partial charge in [0, 0.05) is 12.6 Å². The van der Waals surface area contributed by atoms with E-state index in [1.165, 1.54) is 18.3 Å². The van der Waals surface area contributed by atoms with Crippen molar-refractivity contribution in [3.8, 4) is 11.3 Å². The molecule has 1 N–H and O–H groups in total. The van der Waals surface area contributed by atoms with E-state index in [1.54, 1.807) is 24.1 Å². The molecule has 5 nitrogen and oxygen atoms in total. The van der Waals surface area contributed by atoms with Gasteiger partial charge >= 0.3 is 6.18 Å². The van der Waals surface area contributed by atoms with Gasteiger partial charge < -0.3 is 10.0 Å². The molecule has 0 aliphatic heterocycles. The molecule has 0 bridgehead atoms. The summed E-state index contributed by atoms with van der Waals surface area (Å²) in [6.07, 6.45) is -3.90. The summed E-state index contributed by atoms with van der Waals surface area (Å²) in [4.78, 5) is 5.89. The summed E-state index contributed by atoms with van der Waals surface area (Å²) in [7, 11) is 1.68. The van der Waals surface area contributed by atoms with Crippen LogP contribution in [0.3, 0.4) is 0 Å². The van der Waals surface area contributed by atoms with Crippen LogP contribution < -0.4 is 4.90 Å². The van der Waals surface area contributed by atoms with Crippen LogP contribution in [0.2, 0.25) is 0 Å². The number of alkyl halides is 3. The second-order valence-electron chi connectivity index (χ2n) is 6.03. The van der Waals surface area contributed by atoms with Crippen LogP contribution in [0, 0.1) is 0 Å². The monoisotopic (exact) mass is 374 g/mol. The summed E-state index contributed by atoms with van der Waals surface area (Å²) in [5.74, 6) is 0.208. The van der Waals surface area contributed by atoms with Crippen molar-refractivity contribution in [2.24, 2.45) is 0 Å². The molecule has 0 aliphatic rings. The molecule has 0 spiro atoms. The highest BCUT2D eigenvalue weighted by Crippen LogP contribution is 2.31. The minimum absolute atomic E-state index is 0.206. The Morgan fingerprint density at radius 3 is 2.52 bits per heavy atom. The summed E-state index contributed by atoms with van der Waals surface area (Å²) in [6.45, 7) is 0.206. The summed E-state index contributed by atoms with van der Waals surface area (Å²) in [5.41, 5.74) is 0.546. The molecule has 1 heterocycles. The second-order valence-corrected chi connectivity index (χ2v) is 6.03. The molecule has 3 aromatic rings. The van der Waals surface area contributed by atoms with Crippen molar-refractivity contribution in [1.29, 1.82) is 0 Å². The fraction of sp³-hybridized carbons (Fsp3) is 0.211. The Morgan fingerprint density at radius 1 is 1.07 bits per heavy atom. The first kappa shape index (κ1) is 18.8. The molecular formula is C19H17F3N4O. The third-order valence-electron chi connectivity index (χ3n) is 4.01. The predicted octanol–water partition coefficient (Wildman–Crippen LogP) is 3.73. The van der Waals surface area contributed by atoms with Crippen LogP contribution >= 0.6 is 0 Å². The van der Waals surface area contributed by atoms with E-state index < -0.39 is 17.8 Å². The zero-order chi connectivity index (χ0) is 19.4. The maximum Gasteiger partial charge on any atom is 0.416 e. The van der Waals surface area contributed by atoms with E-state index in [2.05, 4.69) is 15.2 Å². The molecule has 0 radical (unpaired) electrons. The molecule has 0 amide bonds. The van der Waals surface area contributed by atoms with Crippen molar-refractivity contribution in [2.75, 3.05) is 18.5 Å². The van der Waals surface area contributed by atoms with Gasteiger partial charge in [0.1, 0.15) is 0 Å². The van der Waals surface area contributed by atoms with Crippen LogP contribution in [0.5, 0.6) is 0 Å². The highest BCUT2D eigenvalue weighted by Gasteiger charge is 2.30. The number of hydrogen-bond donors (Lipinski definition) is 1. The van der Waals surface area contributed by atoms with E-state index in [1.807, 2.05) is 18.2 Å².